The number of ether oxygens (including phenoxy) is 1. The Hall–Kier alpha value is -1.29. The summed E-state index contributed by atoms with van der Waals surface area (Å²) in [4.78, 5) is 6.71. The van der Waals surface area contributed by atoms with Crippen LogP contribution in [0.15, 0.2) is 12.3 Å². The van der Waals surface area contributed by atoms with E-state index in [1.807, 2.05) is 13.1 Å². The van der Waals surface area contributed by atoms with Gasteiger partial charge in [0.15, 0.2) is 5.75 Å². The van der Waals surface area contributed by atoms with Crippen molar-refractivity contribution < 1.29 is 4.74 Å². The Morgan fingerprint density at radius 3 is 2.95 bits per heavy atom. The van der Waals surface area contributed by atoms with E-state index in [0.29, 0.717) is 12.6 Å². The van der Waals surface area contributed by atoms with E-state index >= 15 is 0 Å². The van der Waals surface area contributed by atoms with Gasteiger partial charge in [0.2, 0.25) is 0 Å². The molecule has 19 heavy (non-hydrogen) atoms. The smallest absolute Gasteiger partial charge is 0.160 e. The monoisotopic (exact) mass is 263 g/mol. The number of anilines is 1. The third-order valence-corrected chi connectivity index (χ3v) is 4.19. The molecule has 4 nitrogen and oxygen atoms in total. The maximum atomic E-state index is 5.98. The van der Waals surface area contributed by atoms with Crippen LogP contribution in [-0.2, 0) is 0 Å². The van der Waals surface area contributed by atoms with Crippen molar-refractivity contribution in [3.63, 3.8) is 0 Å². The topological polar surface area (TPSA) is 51.4 Å². The molecule has 0 spiro atoms. The van der Waals surface area contributed by atoms with E-state index in [2.05, 4.69) is 22.9 Å². The highest BCUT2D eigenvalue weighted by molar-refractivity contribution is 5.59. The van der Waals surface area contributed by atoms with E-state index in [-0.39, 0.29) is 0 Å². The number of rotatable bonds is 4. The number of aromatic nitrogens is 1. The van der Waals surface area contributed by atoms with E-state index in [1.165, 1.54) is 19.3 Å². The summed E-state index contributed by atoms with van der Waals surface area (Å²) >= 11 is 0. The van der Waals surface area contributed by atoms with Crippen molar-refractivity contribution in [3.8, 4) is 5.75 Å². The molecule has 2 N–H and O–H groups in total. The molecule has 0 saturated carbocycles. The van der Waals surface area contributed by atoms with Crippen molar-refractivity contribution in [3.05, 3.63) is 18.0 Å². The van der Waals surface area contributed by atoms with Gasteiger partial charge in [-0.05, 0) is 31.7 Å². The van der Waals surface area contributed by atoms with E-state index in [1.54, 1.807) is 7.11 Å². The molecule has 0 aliphatic carbocycles. The molecule has 1 aromatic rings. The lowest BCUT2D eigenvalue weighted by Gasteiger charge is -2.41. The fourth-order valence-corrected chi connectivity index (χ4v) is 2.96. The first-order valence-corrected chi connectivity index (χ1v) is 7.16. The predicted octanol–water partition coefficient (Wildman–Crippen LogP) is 2.35. The van der Waals surface area contributed by atoms with Crippen LogP contribution >= 0.6 is 0 Å². The minimum atomic E-state index is 0.411. The lowest BCUT2D eigenvalue weighted by Crippen LogP contribution is -2.47. The molecule has 0 amide bonds. The first kappa shape index (κ1) is 14.1. The molecule has 4 heteroatoms. The van der Waals surface area contributed by atoms with Crippen LogP contribution < -0.4 is 15.4 Å². The van der Waals surface area contributed by atoms with Crippen molar-refractivity contribution in [1.29, 1.82) is 0 Å². The fraction of sp³-hybridized carbons (Fsp3) is 0.667. The summed E-state index contributed by atoms with van der Waals surface area (Å²) in [5.74, 6) is 1.65. The Bertz CT molecular complexity index is 422. The van der Waals surface area contributed by atoms with Gasteiger partial charge >= 0.3 is 0 Å². The van der Waals surface area contributed by atoms with E-state index < -0.39 is 0 Å². The van der Waals surface area contributed by atoms with Crippen LogP contribution in [0.3, 0.4) is 0 Å². The zero-order valence-electron chi connectivity index (χ0n) is 12.2. The molecule has 1 aliphatic heterocycles. The van der Waals surface area contributed by atoms with Gasteiger partial charge in [0.05, 0.1) is 19.0 Å². The Morgan fingerprint density at radius 1 is 1.53 bits per heavy atom. The summed E-state index contributed by atoms with van der Waals surface area (Å²) in [6, 6.07) is 2.52. The van der Waals surface area contributed by atoms with Crippen molar-refractivity contribution >= 4 is 5.69 Å². The SMILES string of the molecule is CCC1CCN(c2cc(C)ncc2OC)C(CN)C1. The highest BCUT2D eigenvalue weighted by Gasteiger charge is 2.28. The van der Waals surface area contributed by atoms with Gasteiger partial charge in [0.1, 0.15) is 0 Å². The quantitative estimate of drug-likeness (QED) is 0.906. The summed E-state index contributed by atoms with van der Waals surface area (Å²) in [5.41, 5.74) is 8.14. The first-order valence-electron chi connectivity index (χ1n) is 7.16. The second kappa shape index (κ2) is 6.24. The zero-order chi connectivity index (χ0) is 13.8. The van der Waals surface area contributed by atoms with Crippen molar-refractivity contribution in [2.75, 3.05) is 25.1 Å². The summed E-state index contributed by atoms with van der Waals surface area (Å²) in [5, 5.41) is 0. The highest BCUT2D eigenvalue weighted by Crippen LogP contribution is 2.35. The van der Waals surface area contributed by atoms with Crippen LogP contribution in [0.4, 0.5) is 5.69 Å². The minimum Gasteiger partial charge on any atom is -0.493 e. The van der Waals surface area contributed by atoms with Gasteiger partial charge in [-0.3, -0.25) is 4.98 Å². The van der Waals surface area contributed by atoms with Crippen molar-refractivity contribution in [2.45, 2.75) is 39.2 Å². The van der Waals surface area contributed by atoms with E-state index in [9.17, 15) is 0 Å². The number of aryl methyl sites for hydroxylation is 1. The molecule has 0 radical (unpaired) electrons. The molecule has 2 unspecified atom stereocenters. The van der Waals surface area contributed by atoms with Gasteiger partial charge in [-0.25, -0.2) is 0 Å². The Balaban J connectivity index is 2.27. The molecule has 2 heterocycles. The summed E-state index contributed by atoms with van der Waals surface area (Å²) in [7, 11) is 1.70. The normalized spacial score (nSPS) is 23.5. The molecule has 2 atom stereocenters. The molecular formula is C15H25N3O. The molecule has 0 bridgehead atoms. The number of hydrogen-bond donors (Lipinski definition) is 1. The minimum absolute atomic E-state index is 0.411. The zero-order valence-corrected chi connectivity index (χ0v) is 12.2. The van der Waals surface area contributed by atoms with E-state index in [4.69, 9.17) is 10.5 Å². The summed E-state index contributed by atoms with van der Waals surface area (Å²) < 4.78 is 5.45. The number of nitrogens with zero attached hydrogens (tertiary/aromatic N) is 2. The largest absolute Gasteiger partial charge is 0.493 e. The third-order valence-electron chi connectivity index (χ3n) is 4.19. The van der Waals surface area contributed by atoms with Crippen molar-refractivity contribution in [1.82, 2.24) is 4.98 Å². The average Bonchev–Trinajstić information content (AvgIpc) is 2.46. The number of pyridine rings is 1. The molecule has 0 aromatic carbocycles. The number of hydrogen-bond acceptors (Lipinski definition) is 4. The number of methoxy groups -OCH3 is 1. The maximum absolute atomic E-state index is 5.98. The van der Waals surface area contributed by atoms with Crippen LogP contribution in [0.1, 0.15) is 31.9 Å². The van der Waals surface area contributed by atoms with Gasteiger partial charge in [0, 0.05) is 24.8 Å². The Labute approximate surface area is 116 Å². The van der Waals surface area contributed by atoms with Crippen LogP contribution in [0, 0.1) is 12.8 Å². The van der Waals surface area contributed by atoms with Crippen LogP contribution in [0.25, 0.3) is 0 Å². The van der Waals surface area contributed by atoms with E-state index in [0.717, 1.165) is 29.6 Å². The maximum Gasteiger partial charge on any atom is 0.160 e. The molecule has 1 fully saturated rings. The lowest BCUT2D eigenvalue weighted by atomic mass is 9.88. The molecule has 1 saturated heterocycles. The second-order valence-electron chi connectivity index (χ2n) is 5.38. The summed E-state index contributed by atoms with van der Waals surface area (Å²) in [6.07, 6.45) is 5.47. The molecule has 1 aromatic heterocycles. The van der Waals surface area contributed by atoms with Gasteiger partial charge in [-0.15, -0.1) is 0 Å². The number of nitrogens with two attached hydrogens (primary N) is 1. The average molecular weight is 263 g/mol. The lowest BCUT2D eigenvalue weighted by molar-refractivity contribution is 0.331. The van der Waals surface area contributed by atoms with Gasteiger partial charge in [-0.2, -0.15) is 0 Å². The highest BCUT2D eigenvalue weighted by atomic mass is 16.5. The van der Waals surface area contributed by atoms with Gasteiger partial charge < -0.3 is 15.4 Å². The van der Waals surface area contributed by atoms with Crippen LogP contribution in [-0.4, -0.2) is 31.2 Å². The predicted molar refractivity (Wildman–Crippen MR) is 78.7 cm³/mol. The van der Waals surface area contributed by atoms with Gasteiger partial charge in [0.25, 0.3) is 0 Å². The van der Waals surface area contributed by atoms with Crippen LogP contribution in [0.2, 0.25) is 0 Å². The summed E-state index contributed by atoms with van der Waals surface area (Å²) in [6.45, 7) is 6.03. The van der Waals surface area contributed by atoms with Crippen molar-refractivity contribution in [2.24, 2.45) is 11.7 Å². The molecule has 2 rings (SSSR count). The first-order chi connectivity index (χ1) is 9.19. The van der Waals surface area contributed by atoms with Crippen LogP contribution in [0.5, 0.6) is 5.75 Å². The second-order valence-corrected chi connectivity index (χ2v) is 5.38. The molecule has 1 aliphatic rings. The van der Waals surface area contributed by atoms with Gasteiger partial charge in [-0.1, -0.05) is 13.3 Å². The Morgan fingerprint density at radius 2 is 2.32 bits per heavy atom. The Kier molecular flexibility index (Phi) is 4.64. The third kappa shape index (κ3) is 3.00. The number of piperidine rings is 1. The molecule has 106 valence electrons. The standard InChI is InChI=1S/C15H25N3O/c1-4-12-5-6-18(13(8-12)9-16)14-7-11(2)17-10-15(14)19-3/h7,10,12-13H,4-6,8-9,16H2,1-3H3. The molecular weight excluding hydrogens is 238 g/mol. The fourth-order valence-electron chi connectivity index (χ4n) is 2.96.